The zero-order valence-electron chi connectivity index (χ0n) is 11.3. The number of nitrogens with zero attached hydrogens (tertiary/aromatic N) is 1. The number of nitrogens with two attached hydrogens (primary N) is 1. The van der Waals surface area contributed by atoms with Crippen LogP contribution in [-0.2, 0) is 0 Å². The van der Waals surface area contributed by atoms with Crippen LogP contribution in [0.3, 0.4) is 0 Å². The first-order valence-corrected chi connectivity index (χ1v) is 7.30. The molecule has 2 N–H and O–H groups in total. The van der Waals surface area contributed by atoms with Crippen LogP contribution >= 0.6 is 11.8 Å². The molecule has 2 rings (SSSR count). The van der Waals surface area contributed by atoms with Crippen LogP contribution in [0.25, 0.3) is 0 Å². The van der Waals surface area contributed by atoms with E-state index in [1.165, 1.54) is 0 Å². The van der Waals surface area contributed by atoms with E-state index in [4.69, 9.17) is 15.7 Å². The van der Waals surface area contributed by atoms with Gasteiger partial charge in [0.05, 0.1) is 18.2 Å². The third-order valence-corrected chi connectivity index (χ3v) is 3.91. The number of para-hydroxylation sites is 1. The second-order valence-corrected chi connectivity index (χ2v) is 5.46. The zero-order chi connectivity index (χ0) is 14.4. The molecule has 0 bridgehead atoms. The molecule has 0 aromatic heterocycles. The normalized spacial score (nSPS) is 10.0. The number of nitriles is 1. The summed E-state index contributed by atoms with van der Waals surface area (Å²) in [5.41, 5.74) is 8.60. The van der Waals surface area contributed by atoms with Gasteiger partial charge in [0.2, 0.25) is 0 Å². The van der Waals surface area contributed by atoms with Gasteiger partial charge in [0.1, 0.15) is 5.75 Å². The van der Waals surface area contributed by atoms with Gasteiger partial charge in [-0.25, -0.2) is 0 Å². The Morgan fingerprint density at radius 2 is 1.95 bits per heavy atom. The molecule has 3 nitrogen and oxygen atoms in total. The molecule has 0 amide bonds. The third kappa shape index (κ3) is 3.69. The Morgan fingerprint density at radius 3 is 2.65 bits per heavy atom. The van der Waals surface area contributed by atoms with Crippen molar-refractivity contribution in [2.24, 2.45) is 0 Å². The molecule has 2 aromatic carbocycles. The molecule has 0 aliphatic carbocycles. The molecule has 0 aliphatic rings. The van der Waals surface area contributed by atoms with E-state index in [2.05, 4.69) is 6.07 Å². The van der Waals surface area contributed by atoms with E-state index in [9.17, 15) is 0 Å². The van der Waals surface area contributed by atoms with E-state index < -0.39 is 0 Å². The summed E-state index contributed by atoms with van der Waals surface area (Å²) in [6.45, 7) is 2.61. The molecule has 0 fully saturated rings. The highest BCUT2D eigenvalue weighted by Gasteiger charge is 2.02. The molecule has 0 radical (unpaired) electrons. The van der Waals surface area contributed by atoms with Gasteiger partial charge < -0.3 is 10.5 Å². The zero-order valence-corrected chi connectivity index (χ0v) is 12.1. The maximum atomic E-state index is 8.71. The van der Waals surface area contributed by atoms with Crippen molar-refractivity contribution in [3.63, 3.8) is 0 Å². The molecular weight excluding hydrogens is 268 g/mol. The van der Waals surface area contributed by atoms with Crippen molar-refractivity contribution in [1.29, 1.82) is 5.26 Å². The molecule has 4 heteroatoms. The Hall–Kier alpha value is -2.12. The highest BCUT2D eigenvalue weighted by atomic mass is 32.2. The Labute approximate surface area is 123 Å². The quantitative estimate of drug-likeness (QED) is 0.517. The van der Waals surface area contributed by atoms with Gasteiger partial charge in [0.25, 0.3) is 0 Å². The standard InChI is InChI=1S/C16H16N2OS/c1-12-3-2-4-15(16(12)18)20-10-9-19-14-7-5-13(11-17)6-8-14/h2-8H,9-10,18H2,1H3. The van der Waals surface area contributed by atoms with E-state index in [1.807, 2.05) is 37.3 Å². The number of thioether (sulfide) groups is 1. The lowest BCUT2D eigenvalue weighted by atomic mass is 10.2. The molecule has 0 spiro atoms. The molecule has 2 aromatic rings. The summed E-state index contributed by atoms with van der Waals surface area (Å²) < 4.78 is 5.63. The van der Waals surface area contributed by atoms with Crippen molar-refractivity contribution < 1.29 is 4.74 Å². The molecule has 0 unspecified atom stereocenters. The molecule has 0 aliphatic heterocycles. The fraction of sp³-hybridized carbons (Fsp3) is 0.188. The van der Waals surface area contributed by atoms with E-state index in [-0.39, 0.29) is 0 Å². The minimum absolute atomic E-state index is 0.601. The number of aryl methyl sites for hydroxylation is 1. The van der Waals surface area contributed by atoms with Gasteiger partial charge >= 0.3 is 0 Å². The average molecular weight is 284 g/mol. The van der Waals surface area contributed by atoms with E-state index >= 15 is 0 Å². The highest BCUT2D eigenvalue weighted by Crippen LogP contribution is 2.27. The first kappa shape index (κ1) is 14.3. The topological polar surface area (TPSA) is 59.0 Å². The maximum Gasteiger partial charge on any atom is 0.119 e. The second-order valence-electron chi connectivity index (χ2n) is 4.32. The van der Waals surface area contributed by atoms with Crippen molar-refractivity contribution in [1.82, 2.24) is 0 Å². The molecule has 0 saturated carbocycles. The van der Waals surface area contributed by atoms with Crippen molar-refractivity contribution in [3.8, 4) is 11.8 Å². The van der Waals surface area contributed by atoms with Gasteiger partial charge in [-0.2, -0.15) is 5.26 Å². The number of anilines is 1. The van der Waals surface area contributed by atoms with Gasteiger partial charge in [-0.1, -0.05) is 12.1 Å². The predicted molar refractivity (Wildman–Crippen MR) is 83.0 cm³/mol. The average Bonchev–Trinajstić information content (AvgIpc) is 2.48. The number of hydrogen-bond donors (Lipinski definition) is 1. The van der Waals surface area contributed by atoms with Gasteiger partial charge in [0.15, 0.2) is 0 Å². The Kier molecular flexibility index (Phi) is 4.91. The fourth-order valence-corrected chi connectivity index (χ4v) is 2.59. The predicted octanol–water partition coefficient (Wildman–Crippen LogP) is 3.62. The maximum absolute atomic E-state index is 8.71. The first-order chi connectivity index (χ1) is 9.70. The second kappa shape index (κ2) is 6.88. The number of rotatable bonds is 5. The van der Waals surface area contributed by atoms with Crippen molar-refractivity contribution >= 4 is 17.4 Å². The largest absolute Gasteiger partial charge is 0.493 e. The van der Waals surface area contributed by atoms with E-state index in [1.54, 1.807) is 23.9 Å². The molecule has 102 valence electrons. The van der Waals surface area contributed by atoms with Crippen molar-refractivity contribution in [2.75, 3.05) is 18.1 Å². The summed E-state index contributed by atoms with van der Waals surface area (Å²) in [6, 6.07) is 15.2. The highest BCUT2D eigenvalue weighted by molar-refractivity contribution is 7.99. The molecule has 0 atom stereocenters. The molecule has 0 saturated heterocycles. The van der Waals surface area contributed by atoms with Gasteiger partial charge in [-0.15, -0.1) is 11.8 Å². The summed E-state index contributed by atoms with van der Waals surface area (Å²) >= 11 is 1.69. The van der Waals surface area contributed by atoms with E-state index in [0.29, 0.717) is 12.2 Å². The number of hydrogen-bond acceptors (Lipinski definition) is 4. The van der Waals surface area contributed by atoms with Crippen LogP contribution in [0.5, 0.6) is 5.75 Å². The van der Waals surface area contributed by atoms with Crippen LogP contribution in [0, 0.1) is 18.3 Å². The monoisotopic (exact) mass is 284 g/mol. The van der Waals surface area contributed by atoms with Crippen LogP contribution in [0.2, 0.25) is 0 Å². The summed E-state index contributed by atoms with van der Waals surface area (Å²) in [5, 5.41) is 8.71. The van der Waals surface area contributed by atoms with Crippen LogP contribution in [0.15, 0.2) is 47.4 Å². The minimum Gasteiger partial charge on any atom is -0.493 e. The summed E-state index contributed by atoms with van der Waals surface area (Å²) in [4.78, 5) is 1.09. The third-order valence-electron chi connectivity index (χ3n) is 2.88. The summed E-state index contributed by atoms with van der Waals surface area (Å²) in [5.74, 6) is 1.61. The Morgan fingerprint density at radius 1 is 1.20 bits per heavy atom. The fourth-order valence-electron chi connectivity index (χ4n) is 1.72. The van der Waals surface area contributed by atoms with Gasteiger partial charge in [0, 0.05) is 16.3 Å². The van der Waals surface area contributed by atoms with Gasteiger partial charge in [-0.05, 0) is 42.8 Å². The Balaban J connectivity index is 1.81. The van der Waals surface area contributed by atoms with Gasteiger partial charge in [-0.3, -0.25) is 0 Å². The summed E-state index contributed by atoms with van der Waals surface area (Å²) in [7, 11) is 0. The van der Waals surface area contributed by atoms with Crippen LogP contribution in [0.4, 0.5) is 5.69 Å². The van der Waals surface area contributed by atoms with Crippen molar-refractivity contribution in [2.45, 2.75) is 11.8 Å². The van der Waals surface area contributed by atoms with Crippen LogP contribution < -0.4 is 10.5 Å². The summed E-state index contributed by atoms with van der Waals surface area (Å²) in [6.07, 6.45) is 0. The smallest absolute Gasteiger partial charge is 0.119 e. The first-order valence-electron chi connectivity index (χ1n) is 6.31. The van der Waals surface area contributed by atoms with E-state index in [0.717, 1.165) is 27.6 Å². The number of ether oxygens (including phenoxy) is 1. The van der Waals surface area contributed by atoms with Crippen molar-refractivity contribution in [3.05, 3.63) is 53.6 Å². The molecule has 0 heterocycles. The van der Waals surface area contributed by atoms with Crippen LogP contribution in [0.1, 0.15) is 11.1 Å². The number of nitrogen functional groups attached to an aromatic ring is 1. The Bertz CT molecular complexity index is 617. The minimum atomic E-state index is 0.601. The number of benzene rings is 2. The lowest BCUT2D eigenvalue weighted by Gasteiger charge is -2.09. The lowest BCUT2D eigenvalue weighted by molar-refractivity contribution is 0.344. The molecular formula is C16H16N2OS. The molecule has 20 heavy (non-hydrogen) atoms. The van der Waals surface area contributed by atoms with Crippen LogP contribution in [-0.4, -0.2) is 12.4 Å². The lowest BCUT2D eigenvalue weighted by Crippen LogP contribution is -2.01. The SMILES string of the molecule is Cc1cccc(SCCOc2ccc(C#N)cc2)c1N.